The number of para-hydroxylation sites is 1. The average Bonchev–Trinajstić information content (AvgIpc) is 2.86. The predicted octanol–water partition coefficient (Wildman–Crippen LogP) is 2.08. The first kappa shape index (κ1) is 13.8. The molecule has 1 aromatic heterocycles. The lowest BCUT2D eigenvalue weighted by atomic mass is 10.2. The largest absolute Gasteiger partial charge is 0.435 e. The average molecular weight is 287 g/mol. The third-order valence-electron chi connectivity index (χ3n) is 2.48. The minimum Gasteiger partial charge on any atom is -0.318 e. The SMILES string of the molecule is NNc1cccc(-n2ccc(C(F)(F)F)n2)c1[N+](=O)[O-]. The standard InChI is InChI=1S/C10H8F3N5O2/c11-10(12,13)8-4-5-17(16-8)7-3-1-2-6(15-14)9(7)18(19)20/h1-5,15H,14H2. The highest BCUT2D eigenvalue weighted by Gasteiger charge is 2.34. The first-order chi connectivity index (χ1) is 9.34. The normalized spacial score (nSPS) is 11.4. The summed E-state index contributed by atoms with van der Waals surface area (Å²) in [4.78, 5) is 10.3. The Bertz CT molecular complexity index is 653. The zero-order chi connectivity index (χ0) is 14.9. The Morgan fingerprint density at radius 3 is 2.55 bits per heavy atom. The van der Waals surface area contributed by atoms with Crippen LogP contribution in [-0.4, -0.2) is 14.7 Å². The molecule has 0 radical (unpaired) electrons. The van der Waals surface area contributed by atoms with Gasteiger partial charge in [0.05, 0.1) is 4.92 Å². The number of aromatic nitrogens is 2. The van der Waals surface area contributed by atoms with E-state index in [2.05, 4.69) is 10.5 Å². The van der Waals surface area contributed by atoms with Gasteiger partial charge in [-0.25, -0.2) is 4.68 Å². The second-order valence-electron chi connectivity index (χ2n) is 3.72. The number of alkyl halides is 3. The Kier molecular flexibility index (Phi) is 3.32. The molecule has 0 saturated carbocycles. The van der Waals surface area contributed by atoms with Crippen LogP contribution >= 0.6 is 0 Å². The van der Waals surface area contributed by atoms with Crippen LogP contribution in [0.2, 0.25) is 0 Å². The van der Waals surface area contributed by atoms with Crippen molar-refractivity contribution in [3.05, 3.63) is 46.3 Å². The van der Waals surface area contributed by atoms with Crippen molar-refractivity contribution in [2.45, 2.75) is 6.18 Å². The number of nitrogen functional groups attached to an aromatic ring is 1. The van der Waals surface area contributed by atoms with Crippen molar-refractivity contribution >= 4 is 11.4 Å². The van der Waals surface area contributed by atoms with Crippen LogP contribution in [0.3, 0.4) is 0 Å². The number of nitrogens with one attached hydrogen (secondary N) is 1. The van der Waals surface area contributed by atoms with Gasteiger partial charge in [-0.3, -0.25) is 16.0 Å². The van der Waals surface area contributed by atoms with Crippen LogP contribution < -0.4 is 11.3 Å². The number of anilines is 1. The molecule has 0 spiro atoms. The maximum Gasteiger partial charge on any atom is 0.435 e. The van der Waals surface area contributed by atoms with Gasteiger partial charge in [-0.2, -0.15) is 18.3 Å². The van der Waals surface area contributed by atoms with Gasteiger partial charge in [0.25, 0.3) is 0 Å². The van der Waals surface area contributed by atoms with E-state index in [-0.39, 0.29) is 11.4 Å². The summed E-state index contributed by atoms with van der Waals surface area (Å²) in [6.07, 6.45) is -3.63. The van der Waals surface area contributed by atoms with E-state index in [1.807, 2.05) is 0 Å². The second kappa shape index (κ2) is 4.81. The molecule has 0 atom stereocenters. The molecule has 0 saturated heterocycles. The Morgan fingerprint density at radius 1 is 1.35 bits per heavy atom. The van der Waals surface area contributed by atoms with Crippen LogP contribution in [0.15, 0.2) is 30.5 Å². The molecule has 0 aliphatic rings. The monoisotopic (exact) mass is 287 g/mol. The van der Waals surface area contributed by atoms with Gasteiger partial charge in [-0.1, -0.05) is 6.07 Å². The summed E-state index contributed by atoms with van der Waals surface area (Å²) in [5.74, 6) is 5.15. The summed E-state index contributed by atoms with van der Waals surface area (Å²) in [6, 6.07) is 4.74. The van der Waals surface area contributed by atoms with Crippen LogP contribution in [0.25, 0.3) is 5.69 Å². The highest BCUT2D eigenvalue weighted by Crippen LogP contribution is 2.32. The molecule has 0 unspecified atom stereocenters. The van der Waals surface area contributed by atoms with Crippen molar-refractivity contribution in [1.82, 2.24) is 9.78 Å². The maximum absolute atomic E-state index is 12.5. The van der Waals surface area contributed by atoms with Crippen molar-refractivity contribution in [2.75, 3.05) is 5.43 Å². The van der Waals surface area contributed by atoms with Gasteiger partial charge in [0, 0.05) is 6.20 Å². The molecule has 106 valence electrons. The number of nitro benzene ring substituents is 1. The number of hydrogen-bond acceptors (Lipinski definition) is 5. The molecule has 2 rings (SSSR count). The summed E-state index contributed by atoms with van der Waals surface area (Å²) < 4.78 is 38.2. The van der Waals surface area contributed by atoms with E-state index in [0.717, 1.165) is 16.9 Å². The third-order valence-corrected chi connectivity index (χ3v) is 2.48. The Hall–Kier alpha value is -2.62. The minimum absolute atomic E-state index is 0.0310. The molecule has 0 fully saturated rings. The quantitative estimate of drug-likeness (QED) is 0.511. The summed E-state index contributed by atoms with van der Waals surface area (Å²) in [7, 11) is 0. The van der Waals surface area contributed by atoms with Gasteiger partial charge in [0.2, 0.25) is 0 Å². The lowest BCUT2D eigenvalue weighted by Gasteiger charge is -2.07. The lowest BCUT2D eigenvalue weighted by molar-refractivity contribution is -0.383. The zero-order valence-electron chi connectivity index (χ0n) is 9.76. The third kappa shape index (κ3) is 2.40. The number of halogens is 3. The van der Waals surface area contributed by atoms with E-state index in [4.69, 9.17) is 5.84 Å². The predicted molar refractivity (Wildman–Crippen MR) is 63.0 cm³/mol. The molecule has 1 heterocycles. The molecule has 1 aromatic carbocycles. The van der Waals surface area contributed by atoms with E-state index < -0.39 is 22.5 Å². The van der Waals surface area contributed by atoms with Gasteiger partial charge in [0.15, 0.2) is 5.69 Å². The number of nitrogens with zero attached hydrogens (tertiary/aromatic N) is 3. The fourth-order valence-electron chi connectivity index (χ4n) is 1.63. The minimum atomic E-state index is -4.62. The molecular formula is C10H8F3N5O2. The summed E-state index contributed by atoms with van der Waals surface area (Å²) >= 11 is 0. The topological polar surface area (TPSA) is 99.0 Å². The fraction of sp³-hybridized carbons (Fsp3) is 0.100. The van der Waals surface area contributed by atoms with Crippen LogP contribution in [-0.2, 0) is 6.18 Å². The van der Waals surface area contributed by atoms with Crippen molar-refractivity contribution in [3.8, 4) is 5.69 Å². The molecule has 0 aliphatic carbocycles. The Labute approximate surface area is 109 Å². The number of benzene rings is 1. The van der Waals surface area contributed by atoms with E-state index in [1.54, 1.807) is 0 Å². The first-order valence-electron chi connectivity index (χ1n) is 5.22. The molecule has 20 heavy (non-hydrogen) atoms. The van der Waals surface area contributed by atoms with Crippen LogP contribution in [0.5, 0.6) is 0 Å². The summed E-state index contributed by atoms with van der Waals surface area (Å²) in [6.45, 7) is 0. The molecule has 0 bridgehead atoms. The van der Waals surface area contributed by atoms with E-state index >= 15 is 0 Å². The smallest absolute Gasteiger partial charge is 0.318 e. The fourth-order valence-corrected chi connectivity index (χ4v) is 1.63. The van der Waals surface area contributed by atoms with Crippen LogP contribution in [0.1, 0.15) is 5.69 Å². The number of nitrogens with two attached hydrogens (primary N) is 1. The molecule has 3 N–H and O–H groups in total. The first-order valence-corrected chi connectivity index (χ1v) is 5.22. The molecule has 0 aliphatic heterocycles. The van der Waals surface area contributed by atoms with Gasteiger partial charge in [-0.05, 0) is 18.2 Å². The van der Waals surface area contributed by atoms with Crippen LogP contribution in [0, 0.1) is 10.1 Å². The van der Waals surface area contributed by atoms with E-state index in [0.29, 0.717) is 0 Å². The highest BCUT2D eigenvalue weighted by molar-refractivity contribution is 5.70. The molecule has 0 amide bonds. The van der Waals surface area contributed by atoms with Crippen LogP contribution in [0.4, 0.5) is 24.5 Å². The number of rotatable bonds is 3. The molecular weight excluding hydrogens is 279 g/mol. The van der Waals surface area contributed by atoms with Gasteiger partial charge >= 0.3 is 11.9 Å². The Balaban J connectivity index is 2.58. The lowest BCUT2D eigenvalue weighted by Crippen LogP contribution is -2.12. The van der Waals surface area contributed by atoms with Gasteiger partial charge in [0.1, 0.15) is 11.4 Å². The van der Waals surface area contributed by atoms with Crippen molar-refractivity contribution in [3.63, 3.8) is 0 Å². The number of hydrogen-bond donors (Lipinski definition) is 2. The van der Waals surface area contributed by atoms with E-state index in [9.17, 15) is 23.3 Å². The number of hydrazine groups is 1. The van der Waals surface area contributed by atoms with Gasteiger partial charge < -0.3 is 5.43 Å². The highest BCUT2D eigenvalue weighted by atomic mass is 19.4. The maximum atomic E-state index is 12.5. The van der Waals surface area contributed by atoms with Crippen molar-refractivity contribution in [1.29, 1.82) is 0 Å². The summed E-state index contributed by atoms with van der Waals surface area (Å²) in [5, 5.41) is 14.3. The van der Waals surface area contributed by atoms with Gasteiger partial charge in [-0.15, -0.1) is 0 Å². The number of nitro groups is 1. The zero-order valence-corrected chi connectivity index (χ0v) is 9.76. The van der Waals surface area contributed by atoms with E-state index in [1.165, 1.54) is 18.2 Å². The van der Waals surface area contributed by atoms with Crippen molar-refractivity contribution < 1.29 is 18.1 Å². The van der Waals surface area contributed by atoms with Crippen molar-refractivity contribution in [2.24, 2.45) is 5.84 Å². The second-order valence-corrected chi connectivity index (χ2v) is 3.72. The Morgan fingerprint density at radius 2 is 2.05 bits per heavy atom. The molecule has 10 heteroatoms. The molecule has 2 aromatic rings. The summed E-state index contributed by atoms with van der Waals surface area (Å²) in [5.41, 5.74) is 0.357. The molecule has 7 nitrogen and oxygen atoms in total.